The molecular weight excluding hydrogens is 476 g/mol. The number of aryl methyl sites for hydroxylation is 1. The monoisotopic (exact) mass is 488 g/mol. The van der Waals surface area contributed by atoms with Crippen molar-refractivity contribution in [3.63, 3.8) is 0 Å². The van der Waals surface area contributed by atoms with Crippen LogP contribution in [0.15, 0.2) is 85.6 Å². The number of para-hydroxylation sites is 1. The van der Waals surface area contributed by atoms with Gasteiger partial charge in [-0.1, -0.05) is 41.6 Å². The molecule has 0 saturated heterocycles. The molecule has 4 aromatic rings. The number of esters is 1. The predicted molar refractivity (Wildman–Crippen MR) is 115 cm³/mol. The molecular formula is C21H14BrClN2O3S. The summed E-state index contributed by atoms with van der Waals surface area (Å²) in [7, 11) is 0. The van der Waals surface area contributed by atoms with Gasteiger partial charge in [0, 0.05) is 9.92 Å². The molecule has 0 saturated carbocycles. The Kier molecular flexibility index (Phi) is 5.80. The third-order valence-electron chi connectivity index (χ3n) is 3.96. The van der Waals surface area contributed by atoms with E-state index in [1.165, 1.54) is 11.8 Å². The first-order chi connectivity index (χ1) is 14.0. The maximum absolute atomic E-state index is 12.7. The van der Waals surface area contributed by atoms with Crippen LogP contribution in [0.5, 0.6) is 5.88 Å². The molecule has 4 rings (SSSR count). The predicted octanol–water partition coefficient (Wildman–Crippen LogP) is 6.56. The Labute approximate surface area is 184 Å². The number of halogens is 2. The second kappa shape index (κ2) is 8.49. The minimum Gasteiger partial charge on any atom is -0.442 e. The lowest BCUT2D eigenvalue weighted by Crippen LogP contribution is -2.11. The number of rotatable bonds is 5. The summed E-state index contributed by atoms with van der Waals surface area (Å²) < 4.78 is 13.1. The first-order valence-electron chi connectivity index (χ1n) is 8.57. The van der Waals surface area contributed by atoms with E-state index >= 15 is 0 Å². The highest BCUT2D eigenvalue weighted by Crippen LogP contribution is 2.39. The molecule has 0 fully saturated rings. The molecule has 0 radical (unpaired) electrons. The van der Waals surface area contributed by atoms with E-state index in [0.717, 1.165) is 21.2 Å². The van der Waals surface area contributed by atoms with Crippen LogP contribution in [0.2, 0.25) is 5.02 Å². The Bertz CT molecular complexity index is 1160. The summed E-state index contributed by atoms with van der Waals surface area (Å²) in [6, 6.07) is 20.1. The number of aromatic nitrogens is 2. The van der Waals surface area contributed by atoms with Crippen molar-refractivity contribution in [2.45, 2.75) is 16.7 Å². The topological polar surface area (TPSA) is 57.3 Å². The Morgan fingerprint density at radius 3 is 2.48 bits per heavy atom. The Hall–Kier alpha value is -2.48. The van der Waals surface area contributed by atoms with Crippen molar-refractivity contribution in [2.24, 2.45) is 0 Å². The number of nitrogens with zero attached hydrogens (tertiary/aromatic N) is 2. The molecule has 2 aromatic carbocycles. The van der Waals surface area contributed by atoms with Gasteiger partial charge >= 0.3 is 5.97 Å². The van der Waals surface area contributed by atoms with E-state index in [2.05, 4.69) is 21.0 Å². The van der Waals surface area contributed by atoms with Gasteiger partial charge in [-0.2, -0.15) is 9.78 Å². The van der Waals surface area contributed by atoms with Gasteiger partial charge in [-0.25, -0.2) is 4.79 Å². The molecule has 0 spiro atoms. The second-order valence-corrected chi connectivity index (χ2v) is 8.32. The molecule has 0 aliphatic carbocycles. The van der Waals surface area contributed by atoms with Crippen molar-refractivity contribution < 1.29 is 13.9 Å². The van der Waals surface area contributed by atoms with Crippen LogP contribution in [0.25, 0.3) is 5.69 Å². The average Bonchev–Trinajstić information content (AvgIpc) is 3.29. The average molecular weight is 490 g/mol. The van der Waals surface area contributed by atoms with Crippen LogP contribution in [-0.2, 0) is 0 Å². The van der Waals surface area contributed by atoms with Gasteiger partial charge in [0.1, 0.15) is 0 Å². The number of furan rings is 1. The normalized spacial score (nSPS) is 10.9. The van der Waals surface area contributed by atoms with Gasteiger partial charge in [0.25, 0.3) is 0 Å². The number of ether oxygens (including phenoxy) is 1. The number of carbonyl (C=O) groups is 1. The van der Waals surface area contributed by atoms with Gasteiger partial charge < -0.3 is 9.15 Å². The zero-order chi connectivity index (χ0) is 20.4. The molecule has 0 aliphatic rings. The van der Waals surface area contributed by atoms with Gasteiger partial charge in [0.15, 0.2) is 4.67 Å². The number of carbonyl (C=O) groups excluding carboxylic acids is 1. The summed E-state index contributed by atoms with van der Waals surface area (Å²) in [6.07, 6.45) is 0. The highest BCUT2D eigenvalue weighted by atomic mass is 79.9. The van der Waals surface area contributed by atoms with E-state index < -0.39 is 5.97 Å². The molecule has 0 N–H and O–H groups in total. The van der Waals surface area contributed by atoms with Crippen LogP contribution in [0.4, 0.5) is 0 Å². The molecule has 0 bridgehead atoms. The third-order valence-corrected chi connectivity index (χ3v) is 5.82. The summed E-state index contributed by atoms with van der Waals surface area (Å²) >= 11 is 10.6. The molecule has 8 heteroatoms. The van der Waals surface area contributed by atoms with E-state index in [9.17, 15) is 4.79 Å². The van der Waals surface area contributed by atoms with Crippen molar-refractivity contribution in [1.29, 1.82) is 0 Å². The molecule has 146 valence electrons. The van der Waals surface area contributed by atoms with Gasteiger partial charge in [-0.3, -0.25) is 0 Å². The van der Waals surface area contributed by atoms with E-state index in [-0.39, 0.29) is 5.76 Å². The summed E-state index contributed by atoms with van der Waals surface area (Å²) in [5, 5.41) is 5.25. The van der Waals surface area contributed by atoms with Crippen LogP contribution in [0, 0.1) is 6.92 Å². The Balaban J connectivity index is 1.76. The van der Waals surface area contributed by atoms with Crippen molar-refractivity contribution in [3.8, 4) is 11.6 Å². The van der Waals surface area contributed by atoms with Crippen molar-refractivity contribution in [3.05, 3.63) is 87.9 Å². The first-order valence-corrected chi connectivity index (χ1v) is 10.6. The number of hydrogen-bond acceptors (Lipinski definition) is 5. The summed E-state index contributed by atoms with van der Waals surface area (Å²) in [4.78, 5) is 14.3. The van der Waals surface area contributed by atoms with E-state index in [4.69, 9.17) is 20.8 Å². The van der Waals surface area contributed by atoms with Crippen LogP contribution >= 0.6 is 39.3 Å². The smallest absolute Gasteiger partial charge is 0.381 e. The molecule has 0 amide bonds. The molecule has 0 aliphatic heterocycles. The number of hydrogen-bond donors (Lipinski definition) is 0. The van der Waals surface area contributed by atoms with Gasteiger partial charge in [-0.05, 0) is 71.4 Å². The zero-order valence-corrected chi connectivity index (χ0v) is 18.3. The fourth-order valence-electron chi connectivity index (χ4n) is 2.63. The highest BCUT2D eigenvalue weighted by Gasteiger charge is 2.24. The van der Waals surface area contributed by atoms with Gasteiger partial charge in [0.2, 0.25) is 11.6 Å². The van der Waals surface area contributed by atoms with Crippen LogP contribution in [0.1, 0.15) is 16.2 Å². The summed E-state index contributed by atoms with van der Waals surface area (Å²) in [5.74, 6) is -0.185. The standard InChI is InChI=1S/C21H14BrClN2O3S/c1-13-19(29-16-9-7-14(23)8-10-16)20(25(24-13)15-5-3-2-4-6-15)28-21(26)17-11-12-18(22)27-17/h2-12H,1H3. The maximum Gasteiger partial charge on any atom is 0.381 e. The van der Waals surface area contributed by atoms with Crippen LogP contribution in [-0.4, -0.2) is 15.7 Å². The molecule has 0 atom stereocenters. The van der Waals surface area contributed by atoms with E-state index in [1.54, 1.807) is 16.8 Å². The van der Waals surface area contributed by atoms with E-state index in [0.29, 0.717) is 15.6 Å². The SMILES string of the molecule is Cc1nn(-c2ccccc2)c(OC(=O)c2ccc(Br)o2)c1Sc1ccc(Cl)cc1. The minimum atomic E-state index is -0.606. The highest BCUT2D eigenvalue weighted by molar-refractivity contribution is 9.10. The molecule has 5 nitrogen and oxygen atoms in total. The second-order valence-electron chi connectivity index (χ2n) is 6.02. The largest absolute Gasteiger partial charge is 0.442 e. The first kappa shape index (κ1) is 19.8. The summed E-state index contributed by atoms with van der Waals surface area (Å²) in [6.45, 7) is 1.87. The lowest BCUT2D eigenvalue weighted by molar-refractivity contribution is 0.0683. The van der Waals surface area contributed by atoms with Crippen LogP contribution in [0.3, 0.4) is 0 Å². The van der Waals surface area contributed by atoms with Crippen LogP contribution < -0.4 is 4.74 Å². The third kappa shape index (κ3) is 4.42. The molecule has 2 aromatic heterocycles. The van der Waals surface area contributed by atoms with Gasteiger partial charge in [0.05, 0.1) is 16.3 Å². The fraction of sp³-hybridized carbons (Fsp3) is 0.0476. The van der Waals surface area contributed by atoms with Crippen molar-refractivity contribution >= 4 is 45.3 Å². The fourth-order valence-corrected chi connectivity index (χ4v) is 3.97. The minimum absolute atomic E-state index is 0.0952. The molecule has 29 heavy (non-hydrogen) atoms. The zero-order valence-electron chi connectivity index (χ0n) is 15.1. The van der Waals surface area contributed by atoms with Gasteiger partial charge in [-0.15, -0.1) is 0 Å². The molecule has 0 unspecified atom stereocenters. The quantitative estimate of drug-likeness (QED) is 0.297. The molecule has 2 heterocycles. The maximum atomic E-state index is 12.7. The van der Waals surface area contributed by atoms with Crippen molar-refractivity contribution in [2.75, 3.05) is 0 Å². The summed E-state index contributed by atoms with van der Waals surface area (Å²) in [5.41, 5.74) is 1.51. The Morgan fingerprint density at radius 2 is 1.83 bits per heavy atom. The van der Waals surface area contributed by atoms with Crippen molar-refractivity contribution in [1.82, 2.24) is 9.78 Å². The van der Waals surface area contributed by atoms with E-state index in [1.807, 2.05) is 61.5 Å². The lowest BCUT2D eigenvalue weighted by atomic mass is 10.3. The lowest BCUT2D eigenvalue weighted by Gasteiger charge is -2.09. The number of benzene rings is 2. The Morgan fingerprint density at radius 1 is 1.10 bits per heavy atom.